The highest BCUT2D eigenvalue weighted by Gasteiger charge is 2.38. The predicted molar refractivity (Wildman–Crippen MR) is 79.1 cm³/mol. The lowest BCUT2D eigenvalue weighted by Crippen LogP contribution is -2.51. The van der Waals surface area contributed by atoms with Crippen molar-refractivity contribution in [2.24, 2.45) is 0 Å². The van der Waals surface area contributed by atoms with E-state index in [0.717, 1.165) is 29.5 Å². The van der Waals surface area contributed by atoms with Crippen molar-refractivity contribution in [1.82, 2.24) is 4.90 Å². The summed E-state index contributed by atoms with van der Waals surface area (Å²) < 4.78 is 11.8. The molecule has 0 bridgehead atoms. The van der Waals surface area contributed by atoms with Crippen molar-refractivity contribution in [3.05, 3.63) is 28.2 Å². The molecule has 2 fully saturated rings. The fourth-order valence-corrected chi connectivity index (χ4v) is 3.68. The summed E-state index contributed by atoms with van der Waals surface area (Å²) >= 11 is 3.44. The molecule has 4 nitrogen and oxygen atoms in total. The highest BCUT2D eigenvalue weighted by molar-refractivity contribution is 9.10. The molecular weight excluding hydrogens is 322 g/mol. The summed E-state index contributed by atoms with van der Waals surface area (Å²) in [5.41, 5.74) is 0.699. The minimum atomic E-state index is 0.0913. The summed E-state index contributed by atoms with van der Waals surface area (Å²) in [6.07, 6.45) is 3.49. The second-order valence-corrected chi connectivity index (χ2v) is 6.11. The summed E-state index contributed by atoms with van der Waals surface area (Å²) in [6.45, 7) is 1.33. The average molecular weight is 340 g/mol. The molecule has 1 heterocycles. The minimum absolute atomic E-state index is 0.0913. The maximum absolute atomic E-state index is 12.7. The molecule has 0 radical (unpaired) electrons. The molecule has 1 aliphatic carbocycles. The van der Waals surface area contributed by atoms with Crippen LogP contribution in [0.5, 0.6) is 5.75 Å². The molecule has 0 spiro atoms. The van der Waals surface area contributed by atoms with Gasteiger partial charge >= 0.3 is 0 Å². The smallest absolute Gasteiger partial charge is 0.254 e. The zero-order valence-corrected chi connectivity index (χ0v) is 13.1. The Labute approximate surface area is 127 Å². The first-order chi connectivity index (χ1) is 9.70. The number of fused-ring (bicyclic) bond motifs is 1. The molecule has 20 heavy (non-hydrogen) atoms. The largest absolute Gasteiger partial charge is 0.496 e. The Morgan fingerprint density at radius 3 is 3.05 bits per heavy atom. The molecule has 1 aromatic rings. The average Bonchev–Trinajstić information content (AvgIpc) is 2.94. The van der Waals surface area contributed by atoms with Crippen LogP contribution in [0.4, 0.5) is 0 Å². The van der Waals surface area contributed by atoms with Gasteiger partial charge < -0.3 is 14.4 Å². The van der Waals surface area contributed by atoms with Gasteiger partial charge in [-0.05, 0) is 53.4 Å². The Bertz CT molecular complexity index is 520. The van der Waals surface area contributed by atoms with Gasteiger partial charge in [0.2, 0.25) is 0 Å². The highest BCUT2D eigenvalue weighted by atomic mass is 79.9. The number of methoxy groups -OCH3 is 1. The zero-order valence-electron chi connectivity index (χ0n) is 11.5. The second-order valence-electron chi connectivity index (χ2n) is 5.26. The van der Waals surface area contributed by atoms with Gasteiger partial charge in [-0.15, -0.1) is 0 Å². The number of carbonyl (C=O) groups is 1. The van der Waals surface area contributed by atoms with Gasteiger partial charge in [-0.1, -0.05) is 0 Å². The Hall–Kier alpha value is -1.07. The number of carbonyl (C=O) groups excluding carboxylic acids is 1. The van der Waals surface area contributed by atoms with Crippen LogP contribution in [0, 0.1) is 0 Å². The van der Waals surface area contributed by atoms with Gasteiger partial charge in [-0.25, -0.2) is 0 Å². The molecule has 1 aliphatic heterocycles. The number of benzene rings is 1. The Kier molecular flexibility index (Phi) is 3.98. The maximum atomic E-state index is 12.7. The maximum Gasteiger partial charge on any atom is 0.254 e. The van der Waals surface area contributed by atoms with Crippen LogP contribution in [0.1, 0.15) is 29.6 Å². The van der Waals surface area contributed by atoms with E-state index >= 15 is 0 Å². The van der Waals surface area contributed by atoms with E-state index in [-0.39, 0.29) is 18.1 Å². The predicted octanol–water partition coefficient (Wildman–Crippen LogP) is 2.85. The van der Waals surface area contributed by atoms with Crippen molar-refractivity contribution in [3.8, 4) is 5.75 Å². The number of ether oxygens (including phenoxy) is 2. The number of amides is 1. The van der Waals surface area contributed by atoms with E-state index in [4.69, 9.17) is 9.47 Å². The molecule has 108 valence electrons. The van der Waals surface area contributed by atoms with Crippen LogP contribution in [0.25, 0.3) is 0 Å². The number of rotatable bonds is 2. The standard InChI is InChI=1S/C15H18BrNO3/c1-19-13-6-5-10(9-11(13)16)15(18)17-7-8-20-14-4-2-3-12(14)17/h5-6,9,12,14H,2-4,7-8H2,1H3. The SMILES string of the molecule is COc1ccc(C(=O)N2CCOC3CCCC32)cc1Br. The van der Waals surface area contributed by atoms with Crippen LogP contribution in [-0.2, 0) is 4.74 Å². The van der Waals surface area contributed by atoms with E-state index in [9.17, 15) is 4.79 Å². The first kappa shape index (κ1) is 13.9. The van der Waals surface area contributed by atoms with Crippen molar-refractivity contribution in [2.75, 3.05) is 20.3 Å². The van der Waals surface area contributed by atoms with E-state index < -0.39 is 0 Å². The van der Waals surface area contributed by atoms with E-state index in [0.29, 0.717) is 18.7 Å². The minimum Gasteiger partial charge on any atom is -0.496 e. The third kappa shape index (κ3) is 2.44. The van der Waals surface area contributed by atoms with Crippen LogP contribution < -0.4 is 4.74 Å². The molecule has 1 saturated carbocycles. The second kappa shape index (κ2) is 5.74. The van der Waals surface area contributed by atoms with Crippen molar-refractivity contribution in [2.45, 2.75) is 31.4 Å². The van der Waals surface area contributed by atoms with Gasteiger partial charge in [-0.2, -0.15) is 0 Å². The Morgan fingerprint density at radius 2 is 2.30 bits per heavy atom. The van der Waals surface area contributed by atoms with Crippen molar-refractivity contribution < 1.29 is 14.3 Å². The first-order valence-electron chi connectivity index (χ1n) is 6.97. The summed E-state index contributed by atoms with van der Waals surface area (Å²) in [5.74, 6) is 0.829. The molecule has 0 aromatic heterocycles. The third-order valence-corrected chi connectivity index (χ3v) is 4.76. The lowest BCUT2D eigenvalue weighted by molar-refractivity contribution is -0.0445. The quantitative estimate of drug-likeness (QED) is 0.831. The number of halogens is 1. The summed E-state index contributed by atoms with van der Waals surface area (Å²) in [5, 5.41) is 0. The van der Waals surface area contributed by atoms with E-state index in [1.807, 2.05) is 23.1 Å². The van der Waals surface area contributed by atoms with E-state index in [2.05, 4.69) is 15.9 Å². The summed E-state index contributed by atoms with van der Waals surface area (Å²) in [4.78, 5) is 14.7. The number of hydrogen-bond acceptors (Lipinski definition) is 3. The van der Waals surface area contributed by atoms with Crippen LogP contribution in [0.15, 0.2) is 22.7 Å². The highest BCUT2D eigenvalue weighted by Crippen LogP contribution is 2.32. The van der Waals surface area contributed by atoms with Crippen molar-refractivity contribution in [1.29, 1.82) is 0 Å². The van der Waals surface area contributed by atoms with Gasteiger partial charge in [0.25, 0.3) is 5.91 Å². The lowest BCUT2D eigenvalue weighted by Gasteiger charge is -2.37. The van der Waals surface area contributed by atoms with Crippen LogP contribution in [0.2, 0.25) is 0 Å². The van der Waals surface area contributed by atoms with Crippen LogP contribution >= 0.6 is 15.9 Å². The zero-order chi connectivity index (χ0) is 14.1. The van der Waals surface area contributed by atoms with Gasteiger partial charge in [-0.3, -0.25) is 4.79 Å². The Morgan fingerprint density at radius 1 is 1.45 bits per heavy atom. The Balaban J connectivity index is 1.82. The molecular formula is C15H18BrNO3. The van der Waals surface area contributed by atoms with Gasteiger partial charge in [0.15, 0.2) is 0 Å². The molecule has 3 rings (SSSR count). The molecule has 0 N–H and O–H groups in total. The van der Waals surface area contributed by atoms with Crippen LogP contribution in [0.3, 0.4) is 0 Å². The topological polar surface area (TPSA) is 38.8 Å². The monoisotopic (exact) mass is 339 g/mol. The van der Waals surface area contributed by atoms with Crippen LogP contribution in [-0.4, -0.2) is 43.2 Å². The van der Waals surface area contributed by atoms with Gasteiger partial charge in [0, 0.05) is 12.1 Å². The lowest BCUT2D eigenvalue weighted by atomic mass is 10.1. The summed E-state index contributed by atoms with van der Waals surface area (Å²) in [7, 11) is 1.62. The summed E-state index contributed by atoms with van der Waals surface area (Å²) in [6, 6.07) is 5.73. The van der Waals surface area contributed by atoms with Crippen molar-refractivity contribution in [3.63, 3.8) is 0 Å². The first-order valence-corrected chi connectivity index (χ1v) is 7.76. The molecule has 1 aromatic carbocycles. The molecule has 2 unspecified atom stereocenters. The molecule has 5 heteroatoms. The number of hydrogen-bond donors (Lipinski definition) is 0. The number of nitrogens with zero attached hydrogens (tertiary/aromatic N) is 1. The van der Waals surface area contributed by atoms with E-state index in [1.54, 1.807) is 7.11 Å². The van der Waals surface area contributed by atoms with Gasteiger partial charge in [0.05, 0.1) is 30.3 Å². The van der Waals surface area contributed by atoms with E-state index in [1.165, 1.54) is 0 Å². The fourth-order valence-electron chi connectivity index (χ4n) is 3.14. The fraction of sp³-hybridized carbons (Fsp3) is 0.533. The normalized spacial score (nSPS) is 25.4. The molecule has 1 amide bonds. The molecule has 2 aliphatic rings. The third-order valence-electron chi connectivity index (χ3n) is 4.14. The van der Waals surface area contributed by atoms with Gasteiger partial charge in [0.1, 0.15) is 5.75 Å². The molecule has 1 saturated heterocycles. The van der Waals surface area contributed by atoms with Crippen molar-refractivity contribution >= 4 is 21.8 Å². The number of morpholine rings is 1. The molecule has 2 atom stereocenters.